The predicted octanol–water partition coefficient (Wildman–Crippen LogP) is 5.87. The first-order valence-electron chi connectivity index (χ1n) is 9.47. The molecule has 1 fully saturated rings. The molecule has 0 unspecified atom stereocenters. The number of nitrogens with two attached hydrogens (primary N) is 1. The Morgan fingerprint density at radius 2 is 1.56 bits per heavy atom. The van der Waals surface area contributed by atoms with Crippen molar-refractivity contribution in [2.75, 3.05) is 0 Å². The van der Waals surface area contributed by atoms with E-state index >= 15 is 0 Å². The van der Waals surface area contributed by atoms with E-state index in [0.29, 0.717) is 0 Å². The third-order valence-electron chi connectivity index (χ3n) is 6.43. The Balaban J connectivity index is 1.81. The van der Waals surface area contributed by atoms with Crippen LogP contribution in [0.2, 0.25) is 0 Å². The van der Waals surface area contributed by atoms with Gasteiger partial charge in [-0.05, 0) is 83.5 Å². The molecule has 1 heteroatoms. The fourth-order valence-electron chi connectivity index (χ4n) is 5.11. The summed E-state index contributed by atoms with van der Waals surface area (Å²) in [5.74, 6) is 0. The molecule has 1 nitrogen and oxygen atoms in total. The first kappa shape index (κ1) is 15.2. The van der Waals surface area contributed by atoms with Crippen LogP contribution in [0.15, 0.2) is 54.6 Å². The molecule has 126 valence electrons. The average molecular weight is 327 g/mol. The van der Waals surface area contributed by atoms with E-state index in [1.54, 1.807) is 11.1 Å². The van der Waals surface area contributed by atoms with Gasteiger partial charge in [0.05, 0.1) is 0 Å². The van der Waals surface area contributed by atoms with Crippen molar-refractivity contribution >= 4 is 10.8 Å². The highest BCUT2D eigenvalue weighted by atomic mass is 14.7. The summed E-state index contributed by atoms with van der Waals surface area (Å²) in [5, 5.41) is 2.64. The molecule has 0 saturated heterocycles. The van der Waals surface area contributed by atoms with Gasteiger partial charge in [-0.25, -0.2) is 0 Å². The summed E-state index contributed by atoms with van der Waals surface area (Å²) in [7, 11) is 0. The van der Waals surface area contributed by atoms with Gasteiger partial charge in [0.15, 0.2) is 0 Å². The van der Waals surface area contributed by atoms with E-state index < -0.39 is 0 Å². The molecule has 0 heterocycles. The highest BCUT2D eigenvalue weighted by molar-refractivity contribution is 5.94. The lowest BCUT2D eigenvalue weighted by Crippen LogP contribution is -2.28. The van der Waals surface area contributed by atoms with Crippen LogP contribution in [0.5, 0.6) is 0 Å². The Hall–Kier alpha value is -2.12. The molecule has 2 aliphatic carbocycles. The van der Waals surface area contributed by atoms with Crippen molar-refractivity contribution in [3.8, 4) is 11.1 Å². The maximum atomic E-state index is 6.35. The van der Waals surface area contributed by atoms with Crippen LogP contribution in [0.4, 0.5) is 0 Å². The molecule has 25 heavy (non-hydrogen) atoms. The zero-order valence-electron chi connectivity index (χ0n) is 15.1. The summed E-state index contributed by atoms with van der Waals surface area (Å²) >= 11 is 0. The first-order chi connectivity index (χ1) is 12.0. The first-order valence-corrected chi connectivity index (χ1v) is 9.47. The quantitative estimate of drug-likeness (QED) is 0.594. The number of rotatable bonds is 1. The number of hydrogen-bond acceptors (Lipinski definition) is 1. The Labute approximate surface area is 149 Å². The van der Waals surface area contributed by atoms with E-state index in [-0.39, 0.29) is 11.0 Å². The molecule has 5 rings (SSSR count). The van der Waals surface area contributed by atoms with E-state index in [2.05, 4.69) is 68.4 Å². The number of hydrogen-bond donors (Lipinski definition) is 1. The van der Waals surface area contributed by atoms with Gasteiger partial charge in [0.1, 0.15) is 0 Å². The zero-order chi connectivity index (χ0) is 17.2. The minimum absolute atomic E-state index is 0.244. The van der Waals surface area contributed by atoms with Crippen molar-refractivity contribution in [3.63, 3.8) is 0 Å². The van der Waals surface area contributed by atoms with Crippen LogP contribution in [0.1, 0.15) is 56.2 Å². The molecular formula is C24H25N. The highest BCUT2D eigenvalue weighted by Gasteiger charge is 2.44. The van der Waals surface area contributed by atoms with E-state index in [0.717, 1.165) is 0 Å². The van der Waals surface area contributed by atoms with Gasteiger partial charge in [0.25, 0.3) is 0 Å². The van der Waals surface area contributed by atoms with Crippen LogP contribution in [-0.4, -0.2) is 0 Å². The molecule has 0 amide bonds. The molecule has 0 atom stereocenters. The smallest absolute Gasteiger partial charge is 0.0352 e. The Morgan fingerprint density at radius 3 is 2.32 bits per heavy atom. The van der Waals surface area contributed by atoms with Crippen molar-refractivity contribution in [1.82, 2.24) is 0 Å². The maximum absolute atomic E-state index is 6.35. The Kier molecular flexibility index (Phi) is 3.00. The largest absolute Gasteiger partial charge is 0.322 e. The lowest BCUT2D eigenvalue weighted by Gasteiger charge is -2.27. The maximum Gasteiger partial charge on any atom is 0.0352 e. The van der Waals surface area contributed by atoms with Crippen LogP contribution >= 0.6 is 0 Å². The molecule has 0 aromatic heterocycles. The summed E-state index contributed by atoms with van der Waals surface area (Å²) in [4.78, 5) is 0. The van der Waals surface area contributed by atoms with Crippen molar-refractivity contribution in [2.24, 2.45) is 5.73 Å². The van der Waals surface area contributed by atoms with E-state index in [9.17, 15) is 0 Å². The van der Waals surface area contributed by atoms with E-state index in [1.165, 1.54) is 53.1 Å². The van der Waals surface area contributed by atoms with Crippen LogP contribution < -0.4 is 5.73 Å². The van der Waals surface area contributed by atoms with Crippen LogP contribution in [0.25, 0.3) is 21.9 Å². The van der Waals surface area contributed by atoms with Crippen LogP contribution in [0, 0.1) is 0 Å². The van der Waals surface area contributed by atoms with Gasteiger partial charge in [0.2, 0.25) is 0 Å². The third-order valence-corrected chi connectivity index (χ3v) is 6.43. The third kappa shape index (κ3) is 2.05. The van der Waals surface area contributed by atoms with Gasteiger partial charge < -0.3 is 5.73 Å². The summed E-state index contributed by atoms with van der Waals surface area (Å²) in [6.45, 7) is 4.16. The Morgan fingerprint density at radius 1 is 0.800 bits per heavy atom. The standard InChI is InChI=1S/C24H25N/c1-23(2,25)18-10-9-16-14-20-19-7-3-4-8-21(19)24(11-5-6-12-24)22(20)15-17(16)13-18/h3-4,7-10,13-15H,5-6,11-12,25H2,1-2H3. The van der Waals surface area contributed by atoms with Crippen LogP contribution in [0.3, 0.4) is 0 Å². The van der Waals surface area contributed by atoms with Crippen molar-refractivity contribution in [2.45, 2.75) is 50.5 Å². The molecule has 0 aliphatic heterocycles. The van der Waals surface area contributed by atoms with Gasteiger partial charge in [0, 0.05) is 11.0 Å². The number of benzene rings is 3. The summed E-state index contributed by atoms with van der Waals surface area (Å²) < 4.78 is 0. The fourth-order valence-corrected chi connectivity index (χ4v) is 5.11. The minimum atomic E-state index is -0.304. The average Bonchev–Trinajstić information content (AvgIpc) is 3.18. The minimum Gasteiger partial charge on any atom is -0.322 e. The second-order valence-corrected chi connectivity index (χ2v) is 8.52. The molecule has 0 radical (unpaired) electrons. The summed E-state index contributed by atoms with van der Waals surface area (Å²) in [6.07, 6.45) is 5.23. The topological polar surface area (TPSA) is 26.0 Å². The van der Waals surface area contributed by atoms with Gasteiger partial charge in [-0.3, -0.25) is 0 Å². The lowest BCUT2D eigenvalue weighted by atomic mass is 9.76. The molecular weight excluding hydrogens is 302 g/mol. The van der Waals surface area contributed by atoms with E-state index in [1.807, 2.05) is 0 Å². The molecule has 3 aromatic carbocycles. The lowest BCUT2D eigenvalue weighted by molar-refractivity contribution is 0.550. The molecule has 1 spiro atoms. The second kappa shape index (κ2) is 4.95. The zero-order valence-corrected chi connectivity index (χ0v) is 15.1. The molecule has 2 N–H and O–H groups in total. The normalized spacial score (nSPS) is 17.9. The molecule has 2 aliphatic rings. The van der Waals surface area contributed by atoms with Gasteiger partial charge in [-0.1, -0.05) is 49.2 Å². The summed E-state index contributed by atoms with van der Waals surface area (Å²) in [5.41, 5.74) is 13.5. The fraction of sp³-hybridized carbons (Fsp3) is 0.333. The SMILES string of the molecule is CC(C)(N)c1ccc2cc3c(cc2c1)C1(CCCC1)c1ccccc1-3. The molecule has 0 bridgehead atoms. The van der Waals surface area contributed by atoms with Gasteiger partial charge >= 0.3 is 0 Å². The highest BCUT2D eigenvalue weighted by Crippen LogP contribution is 2.57. The second-order valence-electron chi connectivity index (χ2n) is 8.52. The van der Waals surface area contributed by atoms with Gasteiger partial charge in [-0.15, -0.1) is 0 Å². The Bertz CT molecular complexity index is 985. The molecule has 3 aromatic rings. The van der Waals surface area contributed by atoms with Crippen molar-refractivity contribution in [3.05, 3.63) is 71.3 Å². The van der Waals surface area contributed by atoms with Crippen LogP contribution in [-0.2, 0) is 11.0 Å². The number of fused-ring (bicyclic) bond motifs is 6. The summed E-state index contributed by atoms with van der Waals surface area (Å²) in [6, 6.07) is 20.6. The van der Waals surface area contributed by atoms with Gasteiger partial charge in [-0.2, -0.15) is 0 Å². The monoisotopic (exact) mass is 327 g/mol. The van der Waals surface area contributed by atoms with E-state index in [4.69, 9.17) is 5.73 Å². The molecule has 1 saturated carbocycles. The van der Waals surface area contributed by atoms with Crippen molar-refractivity contribution in [1.29, 1.82) is 0 Å². The predicted molar refractivity (Wildman–Crippen MR) is 106 cm³/mol. The van der Waals surface area contributed by atoms with Crippen molar-refractivity contribution < 1.29 is 0 Å².